The molecular weight excluding hydrogens is 272 g/mol. The lowest BCUT2D eigenvalue weighted by Gasteiger charge is -2.23. The van der Waals surface area contributed by atoms with Crippen LogP contribution in [0.2, 0.25) is 5.02 Å². The lowest BCUT2D eigenvalue weighted by Crippen LogP contribution is -2.32. The van der Waals surface area contributed by atoms with Crippen LogP contribution in [0.25, 0.3) is 0 Å². The molecule has 1 aliphatic rings. The summed E-state index contributed by atoms with van der Waals surface area (Å²) in [5.74, 6) is 1.14. The highest BCUT2D eigenvalue weighted by molar-refractivity contribution is 6.31. The van der Waals surface area contributed by atoms with Crippen molar-refractivity contribution in [2.45, 2.75) is 45.2 Å². The van der Waals surface area contributed by atoms with E-state index in [9.17, 15) is 0 Å². The molecule has 1 aromatic rings. The summed E-state index contributed by atoms with van der Waals surface area (Å²) in [6.45, 7) is 7.45. The quantitative estimate of drug-likeness (QED) is 0.876. The van der Waals surface area contributed by atoms with E-state index in [2.05, 4.69) is 47.9 Å². The van der Waals surface area contributed by atoms with Crippen molar-refractivity contribution in [1.29, 1.82) is 0 Å². The molecule has 1 fully saturated rings. The fourth-order valence-corrected chi connectivity index (χ4v) is 3.60. The summed E-state index contributed by atoms with van der Waals surface area (Å²) in [5, 5.41) is 8.90. The maximum Gasteiger partial charge on any atom is 0.0820 e. The largest absolute Gasteiger partial charge is 0.314 e. The number of rotatable bonds is 6. The molecule has 114 valence electrons. The molecule has 0 spiro atoms. The Labute approximate surface area is 127 Å². The van der Waals surface area contributed by atoms with Gasteiger partial charge in [0.2, 0.25) is 0 Å². The zero-order chi connectivity index (χ0) is 14.7. The Balaban J connectivity index is 2.14. The van der Waals surface area contributed by atoms with E-state index >= 15 is 0 Å². The normalized spacial score (nSPS) is 26.6. The van der Waals surface area contributed by atoms with E-state index < -0.39 is 0 Å². The third-order valence-electron chi connectivity index (χ3n) is 4.47. The van der Waals surface area contributed by atoms with E-state index in [4.69, 9.17) is 11.6 Å². The van der Waals surface area contributed by atoms with Crippen LogP contribution in [0, 0.1) is 5.92 Å². The van der Waals surface area contributed by atoms with Gasteiger partial charge in [-0.15, -0.1) is 0 Å². The van der Waals surface area contributed by atoms with Crippen LogP contribution in [0.4, 0.5) is 0 Å². The maximum absolute atomic E-state index is 6.41. The van der Waals surface area contributed by atoms with E-state index in [-0.39, 0.29) is 0 Å². The van der Waals surface area contributed by atoms with Gasteiger partial charge in [0, 0.05) is 18.5 Å². The first-order chi connectivity index (χ1) is 9.54. The molecule has 5 heteroatoms. The second kappa shape index (κ2) is 6.92. The van der Waals surface area contributed by atoms with Crippen molar-refractivity contribution in [3.05, 3.63) is 16.9 Å². The van der Waals surface area contributed by atoms with Gasteiger partial charge in [0.25, 0.3) is 0 Å². The van der Waals surface area contributed by atoms with Crippen LogP contribution in [0.15, 0.2) is 6.20 Å². The monoisotopic (exact) mass is 298 g/mol. The third-order valence-corrected chi connectivity index (χ3v) is 4.76. The van der Waals surface area contributed by atoms with Crippen LogP contribution in [0.1, 0.15) is 38.3 Å². The molecule has 1 N–H and O–H groups in total. The molecule has 20 heavy (non-hydrogen) atoms. The number of nitrogens with one attached hydrogen (secondary N) is 1. The standard InChI is InChI=1S/C15H27ClN4/c1-5-17-14-7-6-12(11(14)2)15-13(16)10-18-20(15)9-8-19(3)4/h10-12,14,17H,5-9H2,1-4H3. The van der Waals surface area contributed by atoms with Crippen LogP contribution < -0.4 is 5.32 Å². The zero-order valence-electron chi connectivity index (χ0n) is 13.1. The molecule has 1 aromatic heterocycles. The summed E-state index contributed by atoms with van der Waals surface area (Å²) in [4.78, 5) is 2.18. The van der Waals surface area contributed by atoms with Crippen LogP contribution in [-0.4, -0.2) is 47.9 Å². The molecule has 1 aliphatic carbocycles. The van der Waals surface area contributed by atoms with E-state index in [1.54, 1.807) is 6.20 Å². The number of hydrogen-bond donors (Lipinski definition) is 1. The van der Waals surface area contributed by atoms with E-state index in [1.165, 1.54) is 18.5 Å². The summed E-state index contributed by atoms with van der Waals surface area (Å²) < 4.78 is 2.11. The van der Waals surface area contributed by atoms with Gasteiger partial charge in [-0.25, -0.2) is 0 Å². The summed E-state index contributed by atoms with van der Waals surface area (Å²) in [7, 11) is 4.17. The molecule has 0 aliphatic heterocycles. The molecule has 2 rings (SSSR count). The van der Waals surface area contributed by atoms with E-state index in [1.807, 2.05) is 0 Å². The molecule has 0 saturated heterocycles. The number of nitrogens with zero attached hydrogens (tertiary/aromatic N) is 3. The Morgan fingerprint density at radius 2 is 2.20 bits per heavy atom. The second-order valence-corrected chi connectivity index (χ2v) is 6.52. The highest BCUT2D eigenvalue weighted by Gasteiger charge is 2.36. The zero-order valence-corrected chi connectivity index (χ0v) is 13.8. The minimum atomic E-state index is 0.524. The van der Waals surface area contributed by atoms with Crippen molar-refractivity contribution >= 4 is 11.6 Å². The van der Waals surface area contributed by atoms with Gasteiger partial charge in [-0.2, -0.15) is 5.10 Å². The average molecular weight is 299 g/mol. The van der Waals surface area contributed by atoms with Gasteiger partial charge in [-0.3, -0.25) is 4.68 Å². The smallest absolute Gasteiger partial charge is 0.0820 e. The number of aromatic nitrogens is 2. The van der Waals surface area contributed by atoms with Gasteiger partial charge in [0.15, 0.2) is 0 Å². The predicted molar refractivity (Wildman–Crippen MR) is 84.4 cm³/mol. The number of halogens is 1. The van der Waals surface area contributed by atoms with Crippen LogP contribution in [0.5, 0.6) is 0 Å². The first kappa shape index (κ1) is 15.8. The molecule has 0 aromatic carbocycles. The molecular formula is C15H27ClN4. The molecule has 0 bridgehead atoms. The highest BCUT2D eigenvalue weighted by Crippen LogP contribution is 2.42. The molecule has 0 radical (unpaired) electrons. The Morgan fingerprint density at radius 1 is 1.45 bits per heavy atom. The number of likely N-dealkylation sites (N-methyl/N-ethyl adjacent to an activating group) is 1. The van der Waals surface area contributed by atoms with Crippen molar-refractivity contribution in [2.24, 2.45) is 5.92 Å². The molecule has 1 heterocycles. The molecule has 0 amide bonds. The fraction of sp³-hybridized carbons (Fsp3) is 0.800. The van der Waals surface area contributed by atoms with Gasteiger partial charge in [0.05, 0.1) is 23.5 Å². The summed E-state index contributed by atoms with van der Waals surface area (Å²) in [6, 6.07) is 0.610. The highest BCUT2D eigenvalue weighted by atomic mass is 35.5. The Morgan fingerprint density at radius 3 is 2.85 bits per heavy atom. The van der Waals surface area contributed by atoms with Crippen molar-refractivity contribution in [2.75, 3.05) is 27.2 Å². The summed E-state index contributed by atoms with van der Waals surface area (Å²) in [5.41, 5.74) is 1.24. The predicted octanol–water partition coefficient (Wildman–Crippen LogP) is 2.59. The fourth-order valence-electron chi connectivity index (χ4n) is 3.31. The first-order valence-corrected chi connectivity index (χ1v) is 8.01. The van der Waals surface area contributed by atoms with Gasteiger partial charge < -0.3 is 10.2 Å². The van der Waals surface area contributed by atoms with E-state index in [0.29, 0.717) is 17.9 Å². The second-order valence-electron chi connectivity index (χ2n) is 6.11. The molecule has 4 nitrogen and oxygen atoms in total. The Kier molecular flexibility index (Phi) is 5.47. The third kappa shape index (κ3) is 3.35. The molecule has 3 unspecified atom stereocenters. The van der Waals surface area contributed by atoms with Gasteiger partial charge >= 0.3 is 0 Å². The molecule has 1 saturated carbocycles. The van der Waals surface area contributed by atoms with Crippen LogP contribution in [0.3, 0.4) is 0 Å². The van der Waals surface area contributed by atoms with Gasteiger partial charge in [0.1, 0.15) is 0 Å². The number of hydrogen-bond acceptors (Lipinski definition) is 3. The van der Waals surface area contributed by atoms with Crippen LogP contribution in [-0.2, 0) is 6.54 Å². The Bertz CT molecular complexity index is 430. The van der Waals surface area contributed by atoms with Crippen molar-refractivity contribution < 1.29 is 0 Å². The van der Waals surface area contributed by atoms with Crippen molar-refractivity contribution in [3.63, 3.8) is 0 Å². The summed E-state index contributed by atoms with van der Waals surface area (Å²) >= 11 is 6.41. The maximum atomic E-state index is 6.41. The van der Waals surface area contributed by atoms with Crippen molar-refractivity contribution in [3.8, 4) is 0 Å². The molecule has 3 atom stereocenters. The lowest BCUT2D eigenvalue weighted by molar-refractivity contribution is 0.355. The minimum absolute atomic E-state index is 0.524. The Hall–Kier alpha value is -0.580. The van der Waals surface area contributed by atoms with Gasteiger partial charge in [-0.1, -0.05) is 25.4 Å². The lowest BCUT2D eigenvalue weighted by atomic mass is 9.92. The average Bonchev–Trinajstić information content (AvgIpc) is 2.92. The first-order valence-electron chi connectivity index (χ1n) is 7.63. The van der Waals surface area contributed by atoms with Gasteiger partial charge in [-0.05, 0) is 39.4 Å². The van der Waals surface area contributed by atoms with E-state index in [0.717, 1.165) is 24.7 Å². The van der Waals surface area contributed by atoms with Crippen molar-refractivity contribution in [1.82, 2.24) is 20.0 Å². The summed E-state index contributed by atoms with van der Waals surface area (Å²) in [6.07, 6.45) is 4.24. The minimum Gasteiger partial charge on any atom is -0.314 e. The topological polar surface area (TPSA) is 33.1 Å². The SMILES string of the molecule is CCNC1CCC(c2c(Cl)cnn2CCN(C)C)C1C. The van der Waals surface area contributed by atoms with Crippen LogP contribution >= 0.6 is 11.6 Å².